The minimum absolute atomic E-state index is 0.0583. The van der Waals surface area contributed by atoms with Gasteiger partial charge in [0.15, 0.2) is 0 Å². The molecular weight excluding hydrogens is 232 g/mol. The van der Waals surface area contributed by atoms with Gasteiger partial charge in [0.2, 0.25) is 0 Å². The minimum atomic E-state index is 0.0583. The van der Waals surface area contributed by atoms with Crippen LogP contribution in [0.5, 0.6) is 0 Å². The van der Waals surface area contributed by atoms with E-state index in [9.17, 15) is 4.79 Å². The van der Waals surface area contributed by atoms with Crippen LogP contribution in [0.25, 0.3) is 0 Å². The summed E-state index contributed by atoms with van der Waals surface area (Å²) in [5, 5.41) is 4.13. The smallest absolute Gasteiger partial charge is 0.263 e. The zero-order chi connectivity index (χ0) is 12.3. The van der Waals surface area contributed by atoms with Gasteiger partial charge in [-0.25, -0.2) is 4.98 Å². The fourth-order valence-corrected chi connectivity index (χ4v) is 2.94. The minimum Gasteiger partial charge on any atom is -0.351 e. The van der Waals surface area contributed by atoms with Crippen molar-refractivity contribution in [1.29, 1.82) is 0 Å². The van der Waals surface area contributed by atoms with Crippen LogP contribution >= 0.6 is 11.3 Å². The monoisotopic (exact) mass is 252 g/mol. The Morgan fingerprint density at radius 2 is 2.24 bits per heavy atom. The number of thiazole rings is 1. The van der Waals surface area contributed by atoms with Crippen LogP contribution in [0.1, 0.15) is 65.3 Å². The average Bonchev–Trinajstić information content (AvgIpc) is 3.08. The van der Waals surface area contributed by atoms with Crippen molar-refractivity contribution >= 4 is 17.2 Å². The molecule has 0 saturated heterocycles. The molecule has 0 spiro atoms. The van der Waals surface area contributed by atoms with Crippen molar-refractivity contribution in [3.05, 3.63) is 15.6 Å². The Morgan fingerprint density at radius 1 is 1.47 bits per heavy atom. The number of unbranched alkanes of at least 4 members (excludes halogenated alkanes) is 2. The molecule has 1 aromatic heterocycles. The summed E-state index contributed by atoms with van der Waals surface area (Å²) in [6, 6.07) is 0. The lowest BCUT2D eigenvalue weighted by Gasteiger charge is -2.02. The summed E-state index contributed by atoms with van der Waals surface area (Å²) in [7, 11) is 0. The molecule has 1 saturated carbocycles. The zero-order valence-electron chi connectivity index (χ0n) is 10.6. The van der Waals surface area contributed by atoms with Gasteiger partial charge in [0.1, 0.15) is 4.88 Å². The average molecular weight is 252 g/mol. The zero-order valence-corrected chi connectivity index (χ0v) is 11.4. The third-order valence-electron chi connectivity index (χ3n) is 3.01. The molecular formula is C13H20N2OS. The van der Waals surface area contributed by atoms with E-state index < -0.39 is 0 Å². The Bertz CT molecular complexity index is 396. The second kappa shape index (κ2) is 5.63. The molecule has 1 aromatic rings. The van der Waals surface area contributed by atoms with Crippen molar-refractivity contribution < 1.29 is 4.79 Å². The summed E-state index contributed by atoms with van der Waals surface area (Å²) in [5.41, 5.74) is 0.893. The second-order valence-corrected chi connectivity index (χ2v) is 5.73. The molecule has 1 N–H and O–H groups in total. The van der Waals surface area contributed by atoms with E-state index in [4.69, 9.17) is 0 Å². The molecule has 0 bridgehead atoms. The lowest BCUT2D eigenvalue weighted by molar-refractivity contribution is 0.0956. The quantitative estimate of drug-likeness (QED) is 0.790. The van der Waals surface area contributed by atoms with Crippen molar-refractivity contribution in [3.63, 3.8) is 0 Å². The van der Waals surface area contributed by atoms with Gasteiger partial charge in [-0.1, -0.05) is 19.8 Å². The predicted octanol–water partition coefficient (Wildman–Crippen LogP) is 3.25. The molecule has 94 valence electrons. The molecule has 0 radical (unpaired) electrons. The first-order valence-electron chi connectivity index (χ1n) is 6.48. The SMILES string of the molecule is CCCCCNC(=O)c1sc(C2CC2)nc1C. The maximum absolute atomic E-state index is 11.9. The number of nitrogens with zero attached hydrogens (tertiary/aromatic N) is 1. The number of carbonyl (C=O) groups excluding carboxylic acids is 1. The molecule has 1 amide bonds. The summed E-state index contributed by atoms with van der Waals surface area (Å²) >= 11 is 1.58. The van der Waals surface area contributed by atoms with Gasteiger partial charge < -0.3 is 5.32 Å². The number of hydrogen-bond acceptors (Lipinski definition) is 3. The molecule has 4 heteroatoms. The molecule has 1 fully saturated rings. The van der Waals surface area contributed by atoms with Crippen LogP contribution in [-0.4, -0.2) is 17.4 Å². The molecule has 1 heterocycles. The Kier molecular flexibility index (Phi) is 4.15. The summed E-state index contributed by atoms with van der Waals surface area (Å²) < 4.78 is 0. The molecule has 1 aliphatic carbocycles. The summed E-state index contributed by atoms with van der Waals surface area (Å²) in [5.74, 6) is 0.698. The Labute approximate surface area is 107 Å². The summed E-state index contributed by atoms with van der Waals surface area (Å²) in [6.45, 7) is 4.88. The Balaban J connectivity index is 1.89. The Hall–Kier alpha value is -0.900. The molecule has 0 unspecified atom stereocenters. The van der Waals surface area contributed by atoms with Crippen LogP contribution in [0.15, 0.2) is 0 Å². The van der Waals surface area contributed by atoms with E-state index in [0.717, 1.165) is 28.5 Å². The van der Waals surface area contributed by atoms with E-state index in [1.165, 1.54) is 25.7 Å². The standard InChI is InChI=1S/C13H20N2OS/c1-3-4-5-8-14-12(16)11-9(2)15-13(17-11)10-6-7-10/h10H,3-8H2,1-2H3,(H,14,16). The third-order valence-corrected chi connectivity index (χ3v) is 4.33. The van der Waals surface area contributed by atoms with E-state index in [0.29, 0.717) is 5.92 Å². The molecule has 0 atom stereocenters. The number of rotatable bonds is 6. The largest absolute Gasteiger partial charge is 0.351 e. The predicted molar refractivity (Wildman–Crippen MR) is 70.7 cm³/mol. The maximum atomic E-state index is 11.9. The highest BCUT2D eigenvalue weighted by Crippen LogP contribution is 2.42. The number of carbonyl (C=O) groups is 1. The van der Waals surface area contributed by atoms with Gasteiger partial charge in [0.05, 0.1) is 10.7 Å². The molecule has 17 heavy (non-hydrogen) atoms. The third kappa shape index (κ3) is 3.28. The van der Waals surface area contributed by atoms with E-state index in [1.54, 1.807) is 11.3 Å². The molecule has 3 nitrogen and oxygen atoms in total. The first-order chi connectivity index (χ1) is 8.22. The first kappa shape index (κ1) is 12.6. The second-order valence-electron chi connectivity index (χ2n) is 4.70. The van der Waals surface area contributed by atoms with E-state index in [1.807, 2.05) is 6.92 Å². The number of aryl methyl sites for hydroxylation is 1. The summed E-state index contributed by atoms with van der Waals surface area (Å²) in [4.78, 5) is 17.2. The van der Waals surface area contributed by atoms with E-state index in [-0.39, 0.29) is 5.91 Å². The van der Waals surface area contributed by atoms with Crippen LogP contribution in [0.3, 0.4) is 0 Å². The summed E-state index contributed by atoms with van der Waals surface area (Å²) in [6.07, 6.45) is 5.90. The lowest BCUT2D eigenvalue weighted by atomic mass is 10.2. The normalized spacial score (nSPS) is 14.9. The van der Waals surface area contributed by atoms with Crippen molar-refractivity contribution in [2.45, 2.75) is 51.9 Å². The molecule has 2 rings (SSSR count). The number of aromatic nitrogens is 1. The van der Waals surface area contributed by atoms with Crippen molar-refractivity contribution in [2.75, 3.05) is 6.54 Å². The molecule has 1 aliphatic rings. The van der Waals surface area contributed by atoms with Crippen LogP contribution in [0.2, 0.25) is 0 Å². The highest BCUT2D eigenvalue weighted by atomic mass is 32.1. The van der Waals surface area contributed by atoms with Gasteiger partial charge in [-0.05, 0) is 26.2 Å². The van der Waals surface area contributed by atoms with E-state index >= 15 is 0 Å². The highest BCUT2D eigenvalue weighted by Gasteiger charge is 2.28. The van der Waals surface area contributed by atoms with Gasteiger partial charge >= 0.3 is 0 Å². The number of hydrogen-bond donors (Lipinski definition) is 1. The van der Waals surface area contributed by atoms with Gasteiger partial charge in [-0.2, -0.15) is 0 Å². The molecule has 0 aliphatic heterocycles. The van der Waals surface area contributed by atoms with Crippen molar-refractivity contribution in [2.24, 2.45) is 0 Å². The Morgan fingerprint density at radius 3 is 2.88 bits per heavy atom. The fraction of sp³-hybridized carbons (Fsp3) is 0.692. The van der Waals surface area contributed by atoms with Crippen LogP contribution in [0.4, 0.5) is 0 Å². The van der Waals surface area contributed by atoms with Gasteiger partial charge in [-0.3, -0.25) is 4.79 Å². The molecule has 0 aromatic carbocycles. The van der Waals surface area contributed by atoms with Crippen LogP contribution < -0.4 is 5.32 Å². The fourth-order valence-electron chi connectivity index (χ4n) is 1.79. The van der Waals surface area contributed by atoms with E-state index in [2.05, 4.69) is 17.2 Å². The van der Waals surface area contributed by atoms with Gasteiger partial charge in [-0.15, -0.1) is 11.3 Å². The lowest BCUT2D eigenvalue weighted by Crippen LogP contribution is -2.24. The van der Waals surface area contributed by atoms with Gasteiger partial charge in [0, 0.05) is 12.5 Å². The maximum Gasteiger partial charge on any atom is 0.263 e. The van der Waals surface area contributed by atoms with Crippen molar-refractivity contribution in [3.8, 4) is 0 Å². The van der Waals surface area contributed by atoms with Crippen LogP contribution in [-0.2, 0) is 0 Å². The number of nitrogens with one attached hydrogen (secondary N) is 1. The van der Waals surface area contributed by atoms with Crippen LogP contribution in [0, 0.1) is 6.92 Å². The topological polar surface area (TPSA) is 42.0 Å². The van der Waals surface area contributed by atoms with Gasteiger partial charge in [0.25, 0.3) is 5.91 Å². The highest BCUT2D eigenvalue weighted by molar-refractivity contribution is 7.13. The van der Waals surface area contributed by atoms with Crippen molar-refractivity contribution in [1.82, 2.24) is 10.3 Å². The number of amides is 1. The first-order valence-corrected chi connectivity index (χ1v) is 7.29.